The van der Waals surface area contributed by atoms with Crippen LogP contribution in [0.25, 0.3) is 0 Å². The largest absolute Gasteiger partial charge is 0.369 e. The zero-order chi connectivity index (χ0) is 14.4. The SMILES string of the molecule is CCNc1nc(N(C)CCC(=O)NC)c(Cl)cc1Cl. The second-order valence-corrected chi connectivity index (χ2v) is 4.81. The minimum absolute atomic E-state index is 0.0242. The molecule has 0 saturated heterocycles. The van der Waals surface area contributed by atoms with Gasteiger partial charge in [0.1, 0.15) is 11.6 Å². The Kier molecular flexibility index (Phi) is 6.18. The third-order valence-electron chi connectivity index (χ3n) is 2.57. The Hall–Kier alpha value is -1.20. The lowest BCUT2D eigenvalue weighted by molar-refractivity contribution is -0.120. The van der Waals surface area contributed by atoms with Gasteiger partial charge in [-0.1, -0.05) is 23.2 Å². The van der Waals surface area contributed by atoms with E-state index in [9.17, 15) is 4.79 Å². The molecule has 0 aromatic carbocycles. The van der Waals surface area contributed by atoms with Crippen LogP contribution >= 0.6 is 23.2 Å². The number of anilines is 2. The first-order valence-electron chi connectivity index (χ1n) is 6.01. The molecule has 0 saturated carbocycles. The van der Waals surface area contributed by atoms with Crippen LogP contribution in [0.15, 0.2) is 6.07 Å². The van der Waals surface area contributed by atoms with E-state index in [0.29, 0.717) is 34.6 Å². The summed E-state index contributed by atoms with van der Waals surface area (Å²) in [6, 6.07) is 1.65. The van der Waals surface area contributed by atoms with E-state index in [0.717, 1.165) is 6.54 Å². The Morgan fingerprint density at radius 1 is 1.42 bits per heavy atom. The molecule has 0 fully saturated rings. The number of rotatable bonds is 6. The topological polar surface area (TPSA) is 57.3 Å². The normalized spacial score (nSPS) is 10.2. The summed E-state index contributed by atoms with van der Waals surface area (Å²) in [4.78, 5) is 17.4. The lowest BCUT2D eigenvalue weighted by atomic mass is 10.3. The highest BCUT2D eigenvalue weighted by Gasteiger charge is 2.13. The van der Waals surface area contributed by atoms with Crippen LogP contribution in [-0.4, -0.2) is 38.1 Å². The van der Waals surface area contributed by atoms with Gasteiger partial charge in [-0.2, -0.15) is 0 Å². The van der Waals surface area contributed by atoms with Crippen LogP contribution in [0, 0.1) is 0 Å². The molecular weight excluding hydrogens is 287 g/mol. The minimum atomic E-state index is -0.0242. The molecule has 1 rings (SSSR count). The van der Waals surface area contributed by atoms with Crippen molar-refractivity contribution in [3.8, 4) is 0 Å². The average molecular weight is 305 g/mol. The first kappa shape index (κ1) is 15.9. The van der Waals surface area contributed by atoms with Crippen molar-refractivity contribution in [2.24, 2.45) is 0 Å². The van der Waals surface area contributed by atoms with Crippen LogP contribution in [0.2, 0.25) is 10.0 Å². The molecular formula is C12H18Cl2N4O. The number of amides is 1. The van der Waals surface area contributed by atoms with Gasteiger partial charge in [0.15, 0.2) is 0 Å². The highest BCUT2D eigenvalue weighted by Crippen LogP contribution is 2.30. The van der Waals surface area contributed by atoms with Gasteiger partial charge in [-0.3, -0.25) is 4.79 Å². The quantitative estimate of drug-likeness (QED) is 0.847. The standard InChI is InChI=1S/C12H18Cl2N4O/c1-4-16-11-8(13)7-9(14)12(17-11)18(3)6-5-10(19)15-2/h7H,4-6H2,1-3H3,(H,15,19)(H,16,17). The summed E-state index contributed by atoms with van der Waals surface area (Å²) in [7, 11) is 3.44. The van der Waals surface area contributed by atoms with Crippen molar-refractivity contribution >= 4 is 40.7 Å². The maximum Gasteiger partial charge on any atom is 0.221 e. The van der Waals surface area contributed by atoms with Crippen LogP contribution in [-0.2, 0) is 4.79 Å². The Morgan fingerprint density at radius 2 is 2.11 bits per heavy atom. The van der Waals surface area contributed by atoms with Crippen molar-refractivity contribution in [2.45, 2.75) is 13.3 Å². The fraction of sp³-hybridized carbons (Fsp3) is 0.500. The van der Waals surface area contributed by atoms with E-state index in [2.05, 4.69) is 15.6 Å². The zero-order valence-corrected chi connectivity index (χ0v) is 12.8. The lowest BCUT2D eigenvalue weighted by Gasteiger charge is -2.20. The van der Waals surface area contributed by atoms with Gasteiger partial charge in [0.2, 0.25) is 5.91 Å². The fourth-order valence-corrected chi connectivity index (χ4v) is 2.09. The van der Waals surface area contributed by atoms with Gasteiger partial charge in [-0.15, -0.1) is 0 Å². The van der Waals surface area contributed by atoms with E-state index in [1.165, 1.54) is 0 Å². The van der Waals surface area contributed by atoms with E-state index in [1.54, 1.807) is 13.1 Å². The van der Waals surface area contributed by atoms with Crippen LogP contribution in [0.3, 0.4) is 0 Å². The van der Waals surface area contributed by atoms with Crippen molar-refractivity contribution in [3.05, 3.63) is 16.1 Å². The summed E-state index contributed by atoms with van der Waals surface area (Å²) in [5.41, 5.74) is 0. The molecule has 0 aliphatic heterocycles. The number of nitrogens with zero attached hydrogens (tertiary/aromatic N) is 2. The summed E-state index contributed by atoms with van der Waals surface area (Å²) in [6.07, 6.45) is 0.379. The van der Waals surface area contributed by atoms with Gasteiger partial charge in [0.05, 0.1) is 10.0 Å². The van der Waals surface area contributed by atoms with Crippen LogP contribution in [0.4, 0.5) is 11.6 Å². The summed E-state index contributed by atoms with van der Waals surface area (Å²) in [5.74, 6) is 1.17. The number of aromatic nitrogens is 1. The molecule has 106 valence electrons. The monoisotopic (exact) mass is 304 g/mol. The third kappa shape index (κ3) is 4.44. The zero-order valence-electron chi connectivity index (χ0n) is 11.3. The van der Waals surface area contributed by atoms with Gasteiger partial charge >= 0.3 is 0 Å². The molecule has 0 spiro atoms. The predicted octanol–water partition coefficient (Wildman–Crippen LogP) is 2.39. The van der Waals surface area contributed by atoms with Crippen LogP contribution < -0.4 is 15.5 Å². The molecule has 0 atom stereocenters. The minimum Gasteiger partial charge on any atom is -0.369 e. The Bertz CT molecular complexity index is 454. The van der Waals surface area contributed by atoms with Gasteiger partial charge < -0.3 is 15.5 Å². The van der Waals surface area contributed by atoms with E-state index in [1.807, 2.05) is 18.9 Å². The number of carbonyl (C=O) groups is 1. The molecule has 1 heterocycles. The maximum atomic E-state index is 11.2. The van der Waals surface area contributed by atoms with E-state index < -0.39 is 0 Å². The van der Waals surface area contributed by atoms with Crippen molar-refractivity contribution in [1.82, 2.24) is 10.3 Å². The summed E-state index contributed by atoms with van der Waals surface area (Å²) >= 11 is 12.2. The van der Waals surface area contributed by atoms with Gasteiger partial charge in [-0.25, -0.2) is 4.98 Å². The smallest absolute Gasteiger partial charge is 0.221 e. The summed E-state index contributed by atoms with van der Waals surface area (Å²) in [6.45, 7) is 3.21. The number of hydrogen-bond acceptors (Lipinski definition) is 4. The molecule has 0 aliphatic rings. The van der Waals surface area contributed by atoms with Gasteiger partial charge in [-0.05, 0) is 13.0 Å². The van der Waals surface area contributed by atoms with Crippen molar-refractivity contribution in [2.75, 3.05) is 37.4 Å². The first-order valence-corrected chi connectivity index (χ1v) is 6.76. The summed E-state index contributed by atoms with van der Waals surface area (Å²) < 4.78 is 0. The molecule has 7 heteroatoms. The van der Waals surface area contributed by atoms with Gasteiger partial charge in [0.25, 0.3) is 0 Å². The molecule has 19 heavy (non-hydrogen) atoms. The molecule has 2 N–H and O–H groups in total. The average Bonchev–Trinajstić information content (AvgIpc) is 2.38. The van der Waals surface area contributed by atoms with E-state index >= 15 is 0 Å². The third-order valence-corrected chi connectivity index (χ3v) is 3.14. The van der Waals surface area contributed by atoms with Crippen LogP contribution in [0.5, 0.6) is 0 Å². The molecule has 1 aromatic rings. The first-order chi connectivity index (χ1) is 8.99. The van der Waals surface area contributed by atoms with E-state index in [-0.39, 0.29) is 5.91 Å². The molecule has 5 nitrogen and oxygen atoms in total. The molecule has 1 amide bonds. The molecule has 0 bridgehead atoms. The Morgan fingerprint density at radius 3 is 2.68 bits per heavy atom. The Balaban J connectivity index is 2.86. The van der Waals surface area contributed by atoms with Crippen molar-refractivity contribution in [3.63, 3.8) is 0 Å². The van der Waals surface area contributed by atoms with E-state index in [4.69, 9.17) is 23.2 Å². The fourth-order valence-electron chi connectivity index (χ4n) is 1.52. The second-order valence-electron chi connectivity index (χ2n) is 4.00. The number of nitrogens with one attached hydrogen (secondary N) is 2. The molecule has 0 unspecified atom stereocenters. The molecule has 0 aliphatic carbocycles. The lowest BCUT2D eigenvalue weighted by Crippen LogP contribution is -2.27. The number of carbonyl (C=O) groups excluding carboxylic acids is 1. The van der Waals surface area contributed by atoms with Gasteiger partial charge in [0, 0.05) is 33.6 Å². The van der Waals surface area contributed by atoms with Crippen molar-refractivity contribution in [1.29, 1.82) is 0 Å². The van der Waals surface area contributed by atoms with Crippen LogP contribution in [0.1, 0.15) is 13.3 Å². The summed E-state index contributed by atoms with van der Waals surface area (Å²) in [5, 5.41) is 6.59. The number of pyridine rings is 1. The molecule has 0 radical (unpaired) electrons. The highest BCUT2D eigenvalue weighted by molar-refractivity contribution is 6.37. The molecule has 1 aromatic heterocycles. The predicted molar refractivity (Wildman–Crippen MR) is 80.4 cm³/mol. The number of halogens is 2. The Labute approximate surface area is 123 Å². The highest BCUT2D eigenvalue weighted by atomic mass is 35.5. The van der Waals surface area contributed by atoms with Crippen molar-refractivity contribution < 1.29 is 4.79 Å². The number of hydrogen-bond donors (Lipinski definition) is 2. The maximum absolute atomic E-state index is 11.2. The second kappa shape index (κ2) is 7.40.